The Morgan fingerprint density at radius 1 is 0.962 bits per heavy atom. The van der Waals surface area contributed by atoms with E-state index in [1.807, 2.05) is 30.5 Å². The van der Waals surface area contributed by atoms with Crippen molar-refractivity contribution >= 4 is 23.6 Å². The van der Waals surface area contributed by atoms with Crippen LogP contribution < -0.4 is 5.56 Å². The molecule has 0 saturated carbocycles. The molecule has 0 atom stereocenters. The summed E-state index contributed by atoms with van der Waals surface area (Å²) in [6, 6.07) is 10.3. The van der Waals surface area contributed by atoms with Crippen molar-refractivity contribution in [1.29, 1.82) is 0 Å². The van der Waals surface area contributed by atoms with E-state index in [1.165, 1.54) is 12.1 Å². The molecule has 1 fully saturated rings. The molecule has 0 spiro atoms. The van der Waals surface area contributed by atoms with E-state index in [-0.39, 0.29) is 23.1 Å². The van der Waals surface area contributed by atoms with Gasteiger partial charge in [-0.3, -0.25) is 14.4 Å². The van der Waals surface area contributed by atoms with E-state index in [0.717, 1.165) is 4.90 Å². The van der Waals surface area contributed by atoms with Gasteiger partial charge in [-0.15, -0.1) is 11.8 Å². The summed E-state index contributed by atoms with van der Waals surface area (Å²) in [6.07, 6.45) is 2.69. The van der Waals surface area contributed by atoms with Crippen LogP contribution in [0, 0.1) is 0 Å². The van der Waals surface area contributed by atoms with E-state index in [2.05, 4.69) is 10.2 Å². The number of carbonyl (C=O) groups excluding carboxylic acids is 2. The number of carbonyl (C=O) groups is 2. The lowest BCUT2D eigenvalue weighted by atomic mass is 10.2. The van der Waals surface area contributed by atoms with E-state index >= 15 is 0 Å². The van der Waals surface area contributed by atoms with Gasteiger partial charge in [0.1, 0.15) is 5.69 Å². The first-order valence-corrected chi connectivity index (χ1v) is 9.59. The summed E-state index contributed by atoms with van der Waals surface area (Å²) >= 11 is 1.63. The molecule has 2 heterocycles. The van der Waals surface area contributed by atoms with Gasteiger partial charge in [-0.1, -0.05) is 0 Å². The summed E-state index contributed by atoms with van der Waals surface area (Å²) in [5, 5.41) is 6.06. The van der Waals surface area contributed by atoms with Gasteiger partial charge >= 0.3 is 0 Å². The normalized spacial score (nSPS) is 14.8. The maximum absolute atomic E-state index is 12.7. The number of H-pyrrole nitrogens is 1. The molecule has 0 unspecified atom stereocenters. The van der Waals surface area contributed by atoms with Crippen LogP contribution in [0.15, 0.2) is 46.1 Å². The molecule has 1 aromatic heterocycles. The van der Waals surface area contributed by atoms with Crippen LogP contribution in [0.1, 0.15) is 27.3 Å². The first kappa shape index (κ1) is 18.2. The van der Waals surface area contributed by atoms with Gasteiger partial charge in [-0.2, -0.15) is 5.10 Å². The van der Waals surface area contributed by atoms with Crippen molar-refractivity contribution in [2.24, 2.45) is 0 Å². The molecule has 26 heavy (non-hydrogen) atoms. The first-order valence-electron chi connectivity index (χ1n) is 8.37. The van der Waals surface area contributed by atoms with Crippen molar-refractivity contribution in [3.8, 4) is 0 Å². The molecule has 3 rings (SSSR count). The average molecular weight is 372 g/mol. The van der Waals surface area contributed by atoms with Crippen LogP contribution in [0.3, 0.4) is 0 Å². The summed E-state index contributed by atoms with van der Waals surface area (Å²) < 4.78 is 0. The third-order valence-corrected chi connectivity index (χ3v) is 5.05. The largest absolute Gasteiger partial charge is 0.337 e. The van der Waals surface area contributed by atoms with Crippen molar-refractivity contribution in [1.82, 2.24) is 20.0 Å². The van der Waals surface area contributed by atoms with Crippen LogP contribution in [-0.2, 0) is 0 Å². The zero-order valence-electron chi connectivity index (χ0n) is 14.5. The summed E-state index contributed by atoms with van der Waals surface area (Å²) in [6.45, 7) is 2.06. The SMILES string of the molecule is CSc1ccc(C(=O)N2CCCN(C(=O)c3ccc(=O)[nH]n3)CC2)cc1. The fourth-order valence-corrected chi connectivity index (χ4v) is 3.27. The number of aromatic nitrogens is 2. The molecule has 1 aliphatic heterocycles. The molecule has 8 heteroatoms. The lowest BCUT2D eigenvalue weighted by Gasteiger charge is -2.22. The molecular weight excluding hydrogens is 352 g/mol. The fraction of sp³-hybridized carbons (Fsp3) is 0.333. The van der Waals surface area contributed by atoms with E-state index in [0.29, 0.717) is 38.2 Å². The van der Waals surface area contributed by atoms with Gasteiger partial charge in [0.15, 0.2) is 0 Å². The molecule has 136 valence electrons. The quantitative estimate of drug-likeness (QED) is 0.825. The van der Waals surface area contributed by atoms with Gasteiger partial charge in [0.25, 0.3) is 17.4 Å². The molecule has 1 saturated heterocycles. The van der Waals surface area contributed by atoms with Crippen molar-refractivity contribution in [3.05, 3.63) is 58.0 Å². The molecule has 7 nitrogen and oxygen atoms in total. The molecule has 1 aromatic carbocycles. The van der Waals surface area contributed by atoms with Crippen LogP contribution in [0.2, 0.25) is 0 Å². The van der Waals surface area contributed by atoms with Crippen LogP contribution in [0.4, 0.5) is 0 Å². The van der Waals surface area contributed by atoms with Crippen molar-refractivity contribution < 1.29 is 9.59 Å². The molecule has 1 N–H and O–H groups in total. The smallest absolute Gasteiger partial charge is 0.274 e. The Labute approximate surface area is 155 Å². The van der Waals surface area contributed by atoms with Crippen molar-refractivity contribution in [3.63, 3.8) is 0 Å². The lowest BCUT2D eigenvalue weighted by molar-refractivity contribution is 0.0715. The van der Waals surface area contributed by atoms with Gasteiger partial charge in [0, 0.05) is 42.7 Å². The number of hydrogen-bond donors (Lipinski definition) is 1. The minimum Gasteiger partial charge on any atom is -0.337 e. The second kappa shape index (κ2) is 8.18. The second-order valence-corrected chi connectivity index (χ2v) is 6.85. The monoisotopic (exact) mass is 372 g/mol. The Hall–Kier alpha value is -2.61. The first-order chi connectivity index (χ1) is 12.6. The maximum Gasteiger partial charge on any atom is 0.274 e. The standard InChI is InChI=1S/C18H20N4O3S/c1-26-14-5-3-13(4-6-14)17(24)21-9-2-10-22(12-11-21)18(25)15-7-8-16(23)20-19-15/h3-8H,2,9-12H2,1H3,(H,20,23). The summed E-state index contributed by atoms with van der Waals surface area (Å²) in [5.74, 6) is -0.256. The molecule has 0 bridgehead atoms. The zero-order chi connectivity index (χ0) is 18.5. The maximum atomic E-state index is 12.7. The number of nitrogens with one attached hydrogen (secondary N) is 1. The number of hydrogen-bond acceptors (Lipinski definition) is 5. The number of thioether (sulfide) groups is 1. The predicted molar refractivity (Wildman–Crippen MR) is 99.5 cm³/mol. The summed E-state index contributed by atoms with van der Waals surface area (Å²) in [7, 11) is 0. The molecule has 0 aliphatic carbocycles. The third-order valence-electron chi connectivity index (χ3n) is 4.31. The van der Waals surface area contributed by atoms with E-state index < -0.39 is 0 Å². The average Bonchev–Trinajstić information content (AvgIpc) is 2.94. The lowest BCUT2D eigenvalue weighted by Crippen LogP contribution is -2.37. The minimum absolute atomic E-state index is 0.0193. The third kappa shape index (κ3) is 4.13. The Balaban J connectivity index is 1.65. The highest BCUT2D eigenvalue weighted by atomic mass is 32.2. The van der Waals surface area contributed by atoms with E-state index in [1.54, 1.807) is 21.6 Å². The Kier molecular flexibility index (Phi) is 5.72. The highest BCUT2D eigenvalue weighted by Crippen LogP contribution is 2.17. The number of rotatable bonds is 3. The van der Waals surface area contributed by atoms with Crippen LogP contribution in [0.5, 0.6) is 0 Å². The van der Waals surface area contributed by atoms with Crippen LogP contribution in [0.25, 0.3) is 0 Å². The van der Waals surface area contributed by atoms with Gasteiger partial charge < -0.3 is 9.80 Å². The second-order valence-electron chi connectivity index (χ2n) is 5.97. The highest BCUT2D eigenvalue weighted by Gasteiger charge is 2.24. The molecule has 0 radical (unpaired) electrons. The van der Waals surface area contributed by atoms with E-state index in [4.69, 9.17) is 0 Å². The van der Waals surface area contributed by atoms with Gasteiger partial charge in [-0.25, -0.2) is 5.10 Å². The number of benzene rings is 1. The highest BCUT2D eigenvalue weighted by molar-refractivity contribution is 7.98. The Bertz CT molecular complexity index is 830. The van der Waals surface area contributed by atoms with Crippen LogP contribution >= 0.6 is 11.8 Å². The number of nitrogens with zero attached hydrogens (tertiary/aromatic N) is 3. The molecule has 1 aliphatic rings. The molecular formula is C18H20N4O3S. The predicted octanol–water partition coefficient (Wildman–Crippen LogP) is 1.48. The Morgan fingerprint density at radius 2 is 1.62 bits per heavy atom. The summed E-state index contributed by atoms with van der Waals surface area (Å²) in [4.78, 5) is 40.9. The van der Waals surface area contributed by atoms with Crippen molar-refractivity contribution in [2.75, 3.05) is 32.4 Å². The van der Waals surface area contributed by atoms with E-state index in [9.17, 15) is 14.4 Å². The number of aromatic amines is 1. The topological polar surface area (TPSA) is 86.4 Å². The Morgan fingerprint density at radius 3 is 2.19 bits per heavy atom. The van der Waals surface area contributed by atoms with Gasteiger partial charge in [0.05, 0.1) is 0 Å². The van der Waals surface area contributed by atoms with Crippen molar-refractivity contribution in [2.45, 2.75) is 11.3 Å². The van der Waals surface area contributed by atoms with Crippen LogP contribution in [-0.4, -0.2) is 64.2 Å². The van der Waals surface area contributed by atoms with Gasteiger partial charge in [-0.05, 0) is 43.0 Å². The number of amides is 2. The molecule has 2 aromatic rings. The summed E-state index contributed by atoms with van der Waals surface area (Å²) in [5.41, 5.74) is 0.517. The van der Waals surface area contributed by atoms with Gasteiger partial charge in [0.2, 0.25) is 0 Å². The minimum atomic E-state index is -0.346. The fourth-order valence-electron chi connectivity index (χ4n) is 2.87. The zero-order valence-corrected chi connectivity index (χ0v) is 15.3. The molecule has 2 amide bonds.